The Morgan fingerprint density at radius 2 is 2.03 bits per heavy atom. The lowest BCUT2D eigenvalue weighted by Crippen LogP contribution is -2.34. The van der Waals surface area contributed by atoms with Gasteiger partial charge in [-0.1, -0.05) is 24.6 Å². The largest absolute Gasteiger partial charge is 0.494 e. The number of nitrogens with one attached hydrogen (secondary N) is 2. The van der Waals surface area contributed by atoms with Crippen LogP contribution in [0.3, 0.4) is 0 Å². The van der Waals surface area contributed by atoms with Crippen LogP contribution in [0.5, 0.6) is 5.75 Å². The summed E-state index contributed by atoms with van der Waals surface area (Å²) >= 11 is 13.8. The molecule has 0 aliphatic heterocycles. The first kappa shape index (κ1) is 23.5. The van der Waals surface area contributed by atoms with Gasteiger partial charge in [-0.05, 0) is 95.8 Å². The van der Waals surface area contributed by atoms with Crippen molar-refractivity contribution >= 4 is 74.2 Å². The highest BCUT2D eigenvalue weighted by Crippen LogP contribution is 2.32. The lowest BCUT2D eigenvalue weighted by Gasteiger charge is -2.10. The first-order chi connectivity index (χ1) is 15.9. The molecule has 1 amide bonds. The number of halogens is 2. The monoisotopic (exact) mass is 591 g/mol. The topological polar surface area (TPSA) is 76.4 Å². The molecule has 1 aromatic heterocycles. The van der Waals surface area contributed by atoms with Gasteiger partial charge < -0.3 is 14.5 Å². The number of rotatable bonds is 6. The summed E-state index contributed by atoms with van der Waals surface area (Å²) in [6, 6.07) is 18.0. The first-order valence-electron chi connectivity index (χ1n) is 10.1. The van der Waals surface area contributed by atoms with Gasteiger partial charge in [-0.25, -0.2) is 4.98 Å². The van der Waals surface area contributed by atoms with Gasteiger partial charge in [-0.15, -0.1) is 0 Å². The van der Waals surface area contributed by atoms with Crippen LogP contribution >= 0.6 is 46.4 Å². The number of oxazole rings is 1. The molecule has 9 heteroatoms. The van der Waals surface area contributed by atoms with E-state index in [2.05, 4.69) is 38.2 Å². The van der Waals surface area contributed by atoms with Crippen molar-refractivity contribution in [2.24, 2.45) is 0 Å². The number of amides is 1. The molecule has 4 rings (SSSR count). The zero-order valence-electron chi connectivity index (χ0n) is 17.5. The Bertz CT molecular complexity index is 1340. The molecule has 0 bridgehead atoms. The van der Waals surface area contributed by atoms with E-state index < -0.39 is 0 Å². The number of hydrogen-bond acceptors (Lipinski definition) is 5. The van der Waals surface area contributed by atoms with E-state index in [1.807, 2.05) is 31.2 Å². The van der Waals surface area contributed by atoms with Crippen molar-refractivity contribution in [3.63, 3.8) is 0 Å². The predicted octanol–water partition coefficient (Wildman–Crippen LogP) is 6.67. The van der Waals surface area contributed by atoms with E-state index in [1.54, 1.807) is 36.4 Å². The number of aromatic nitrogens is 1. The third-order valence-corrected chi connectivity index (χ3v) is 5.81. The van der Waals surface area contributed by atoms with Crippen molar-refractivity contribution in [2.75, 3.05) is 11.9 Å². The maximum absolute atomic E-state index is 12.6. The molecule has 168 valence electrons. The molecule has 4 aromatic rings. The molecule has 0 atom stereocenters. The van der Waals surface area contributed by atoms with E-state index >= 15 is 0 Å². The molecular weight excluding hydrogens is 573 g/mol. The van der Waals surface area contributed by atoms with Gasteiger partial charge in [0.1, 0.15) is 11.3 Å². The number of benzene rings is 3. The summed E-state index contributed by atoms with van der Waals surface area (Å²) in [6.07, 6.45) is 0.888. The van der Waals surface area contributed by atoms with Gasteiger partial charge in [0.2, 0.25) is 5.89 Å². The van der Waals surface area contributed by atoms with Crippen molar-refractivity contribution < 1.29 is 13.9 Å². The number of thiocarbonyl (C=S) groups is 1. The van der Waals surface area contributed by atoms with Crippen molar-refractivity contribution in [1.82, 2.24) is 10.3 Å². The van der Waals surface area contributed by atoms with Crippen molar-refractivity contribution in [3.05, 3.63) is 74.8 Å². The van der Waals surface area contributed by atoms with Crippen molar-refractivity contribution in [1.29, 1.82) is 0 Å². The fraction of sp³-hybridized carbons (Fsp3) is 0.125. The molecule has 1 heterocycles. The summed E-state index contributed by atoms with van der Waals surface area (Å²) in [7, 11) is 0. The van der Waals surface area contributed by atoms with Crippen LogP contribution in [0.1, 0.15) is 23.7 Å². The summed E-state index contributed by atoms with van der Waals surface area (Å²) in [5.74, 6) is 0.753. The van der Waals surface area contributed by atoms with Gasteiger partial charge in [0.05, 0.1) is 17.2 Å². The normalized spacial score (nSPS) is 10.8. The SMILES string of the molecule is CCCOc1cccc(C(=O)NC(=S)Nc2ccc3oc(-c4cc(I)ccc4Cl)nc3c2)c1. The van der Waals surface area contributed by atoms with Crippen LogP contribution in [-0.4, -0.2) is 22.6 Å². The molecule has 0 aliphatic carbocycles. The summed E-state index contributed by atoms with van der Waals surface area (Å²) < 4.78 is 12.5. The zero-order chi connectivity index (χ0) is 23.4. The summed E-state index contributed by atoms with van der Waals surface area (Å²) in [6.45, 7) is 2.61. The fourth-order valence-electron chi connectivity index (χ4n) is 3.07. The van der Waals surface area contributed by atoms with E-state index in [0.29, 0.717) is 45.6 Å². The molecule has 33 heavy (non-hydrogen) atoms. The van der Waals surface area contributed by atoms with E-state index in [9.17, 15) is 4.79 Å². The van der Waals surface area contributed by atoms with E-state index in [-0.39, 0.29) is 11.0 Å². The molecule has 0 saturated carbocycles. The Balaban J connectivity index is 1.46. The van der Waals surface area contributed by atoms with Crippen molar-refractivity contribution in [3.8, 4) is 17.2 Å². The predicted molar refractivity (Wildman–Crippen MR) is 143 cm³/mol. The Kier molecular flexibility index (Phi) is 7.46. The molecule has 2 N–H and O–H groups in total. The minimum atomic E-state index is -0.326. The first-order valence-corrected chi connectivity index (χ1v) is 12.0. The van der Waals surface area contributed by atoms with Gasteiger partial charge in [-0.2, -0.15) is 0 Å². The highest BCUT2D eigenvalue weighted by molar-refractivity contribution is 14.1. The van der Waals surface area contributed by atoms with Crippen LogP contribution in [0.4, 0.5) is 5.69 Å². The maximum Gasteiger partial charge on any atom is 0.257 e. The Morgan fingerprint density at radius 3 is 2.85 bits per heavy atom. The second-order valence-electron chi connectivity index (χ2n) is 7.11. The molecule has 0 aliphatic rings. The van der Waals surface area contributed by atoms with Gasteiger partial charge in [0.25, 0.3) is 5.91 Å². The van der Waals surface area contributed by atoms with Crippen LogP contribution in [0.2, 0.25) is 5.02 Å². The smallest absolute Gasteiger partial charge is 0.257 e. The van der Waals surface area contributed by atoms with E-state index in [4.69, 9.17) is 33.0 Å². The summed E-state index contributed by atoms with van der Waals surface area (Å²) in [5, 5.41) is 6.43. The number of carbonyl (C=O) groups excluding carboxylic acids is 1. The molecule has 3 aromatic carbocycles. The second-order valence-corrected chi connectivity index (χ2v) is 9.17. The van der Waals surface area contributed by atoms with E-state index in [0.717, 1.165) is 15.6 Å². The van der Waals surface area contributed by atoms with Crippen LogP contribution in [0.25, 0.3) is 22.6 Å². The highest BCUT2D eigenvalue weighted by Gasteiger charge is 2.14. The number of nitrogens with zero attached hydrogens (tertiary/aromatic N) is 1. The Hall–Kier alpha value is -2.69. The quantitative estimate of drug-likeness (QED) is 0.193. The lowest BCUT2D eigenvalue weighted by atomic mass is 10.2. The molecule has 0 saturated heterocycles. The number of carbonyl (C=O) groups is 1. The average molecular weight is 592 g/mol. The average Bonchev–Trinajstić information content (AvgIpc) is 3.22. The molecule has 0 spiro atoms. The summed E-state index contributed by atoms with van der Waals surface area (Å²) in [5.41, 5.74) is 3.10. The van der Waals surface area contributed by atoms with Gasteiger partial charge in [0, 0.05) is 14.8 Å². The molecule has 0 unspecified atom stereocenters. The third-order valence-electron chi connectivity index (χ3n) is 4.60. The molecule has 0 fully saturated rings. The summed E-state index contributed by atoms with van der Waals surface area (Å²) in [4.78, 5) is 17.1. The van der Waals surface area contributed by atoms with Gasteiger partial charge >= 0.3 is 0 Å². The number of fused-ring (bicyclic) bond motifs is 1. The van der Waals surface area contributed by atoms with Gasteiger partial charge in [-0.3, -0.25) is 10.1 Å². The Morgan fingerprint density at radius 1 is 1.18 bits per heavy atom. The standard InChI is InChI=1S/C24H19ClIN3O3S/c1-2-10-31-17-5-3-4-14(11-17)22(30)29-24(33)27-16-7-9-21-20(13-16)28-23(32-21)18-12-15(26)6-8-19(18)25/h3-9,11-13H,2,10H2,1H3,(H2,27,29,30,33). The van der Waals surface area contributed by atoms with Crippen LogP contribution in [-0.2, 0) is 0 Å². The minimum absolute atomic E-state index is 0.170. The number of ether oxygens (including phenoxy) is 1. The zero-order valence-corrected chi connectivity index (χ0v) is 21.3. The number of anilines is 1. The Labute approximate surface area is 214 Å². The maximum atomic E-state index is 12.6. The highest BCUT2D eigenvalue weighted by atomic mass is 127. The molecule has 0 radical (unpaired) electrons. The molecule has 6 nitrogen and oxygen atoms in total. The van der Waals surface area contributed by atoms with Crippen LogP contribution in [0, 0.1) is 3.57 Å². The van der Waals surface area contributed by atoms with Crippen LogP contribution < -0.4 is 15.4 Å². The van der Waals surface area contributed by atoms with Crippen LogP contribution in [0.15, 0.2) is 65.1 Å². The minimum Gasteiger partial charge on any atom is -0.494 e. The third kappa shape index (κ3) is 5.82. The van der Waals surface area contributed by atoms with Crippen molar-refractivity contribution in [2.45, 2.75) is 13.3 Å². The van der Waals surface area contributed by atoms with E-state index in [1.165, 1.54) is 0 Å². The fourth-order valence-corrected chi connectivity index (χ4v) is 3.97. The molecular formula is C24H19ClIN3O3S. The second kappa shape index (κ2) is 10.5. The van der Waals surface area contributed by atoms with Gasteiger partial charge in [0.15, 0.2) is 10.7 Å². The lowest BCUT2D eigenvalue weighted by molar-refractivity contribution is 0.0977. The number of hydrogen-bond donors (Lipinski definition) is 2.